The number of halogens is 2. The van der Waals surface area contributed by atoms with E-state index in [1.54, 1.807) is 12.1 Å². The zero-order valence-electron chi connectivity index (χ0n) is 12.8. The number of amides is 1. The third-order valence-corrected chi connectivity index (χ3v) is 3.30. The van der Waals surface area contributed by atoms with Crippen LogP contribution in [0, 0.1) is 5.82 Å². The van der Waals surface area contributed by atoms with Crippen molar-refractivity contribution in [2.24, 2.45) is 0 Å². The fourth-order valence-electron chi connectivity index (χ4n) is 1.93. The Bertz CT molecular complexity index is 734. The minimum Gasteiger partial charge on any atom is -0.495 e. The molecule has 1 N–H and O–H groups in total. The summed E-state index contributed by atoms with van der Waals surface area (Å²) < 4.78 is 22.8. The Balaban J connectivity index is 1.85. The lowest BCUT2D eigenvalue weighted by atomic mass is 10.1. The molecule has 2 aromatic carbocycles. The summed E-state index contributed by atoms with van der Waals surface area (Å²) in [5.41, 5.74) is 0.975. The molecule has 24 heavy (non-hydrogen) atoms. The van der Waals surface area contributed by atoms with Crippen LogP contribution in [-0.2, 0) is 20.7 Å². The van der Waals surface area contributed by atoms with E-state index >= 15 is 0 Å². The summed E-state index contributed by atoms with van der Waals surface area (Å²) in [6.45, 7) is -0.449. The quantitative estimate of drug-likeness (QED) is 0.812. The van der Waals surface area contributed by atoms with E-state index in [1.807, 2.05) is 0 Å². The Hall–Kier alpha value is -2.60. The Labute approximate surface area is 143 Å². The van der Waals surface area contributed by atoms with Crippen molar-refractivity contribution in [1.29, 1.82) is 0 Å². The maximum absolute atomic E-state index is 12.8. The second kappa shape index (κ2) is 8.31. The smallest absolute Gasteiger partial charge is 0.310 e. The molecular formula is C17H15ClFNO4. The third-order valence-electron chi connectivity index (χ3n) is 3.06. The highest BCUT2D eigenvalue weighted by Gasteiger charge is 2.11. The summed E-state index contributed by atoms with van der Waals surface area (Å²) in [7, 11) is 1.46. The molecular weight excluding hydrogens is 337 g/mol. The lowest BCUT2D eigenvalue weighted by Gasteiger charge is -2.11. The van der Waals surface area contributed by atoms with Crippen LogP contribution in [0.5, 0.6) is 5.75 Å². The van der Waals surface area contributed by atoms with Crippen molar-refractivity contribution in [3.63, 3.8) is 0 Å². The van der Waals surface area contributed by atoms with Gasteiger partial charge in [0.1, 0.15) is 11.6 Å². The average Bonchev–Trinajstić information content (AvgIpc) is 2.55. The van der Waals surface area contributed by atoms with Gasteiger partial charge in [-0.05, 0) is 35.9 Å². The Morgan fingerprint density at radius 3 is 2.54 bits per heavy atom. The zero-order valence-corrected chi connectivity index (χ0v) is 13.6. The topological polar surface area (TPSA) is 64.6 Å². The average molecular weight is 352 g/mol. The van der Waals surface area contributed by atoms with Crippen LogP contribution in [0.3, 0.4) is 0 Å². The summed E-state index contributed by atoms with van der Waals surface area (Å²) in [6, 6.07) is 10.2. The number of esters is 1. The number of anilines is 1. The number of hydrogen-bond donors (Lipinski definition) is 1. The number of ether oxygens (including phenoxy) is 2. The van der Waals surface area contributed by atoms with E-state index in [9.17, 15) is 14.0 Å². The fraction of sp³-hybridized carbons (Fsp3) is 0.176. The van der Waals surface area contributed by atoms with Crippen LogP contribution in [0.15, 0.2) is 42.5 Å². The van der Waals surface area contributed by atoms with Gasteiger partial charge in [0.2, 0.25) is 0 Å². The van der Waals surface area contributed by atoms with Gasteiger partial charge in [-0.2, -0.15) is 0 Å². The minimum absolute atomic E-state index is 0.0476. The fourth-order valence-corrected chi connectivity index (χ4v) is 2.10. The molecule has 0 aliphatic rings. The number of nitrogens with one attached hydrogen (secondary N) is 1. The second-order valence-corrected chi connectivity index (χ2v) is 5.29. The monoisotopic (exact) mass is 351 g/mol. The van der Waals surface area contributed by atoms with Crippen LogP contribution in [-0.4, -0.2) is 25.6 Å². The first-order chi connectivity index (χ1) is 11.5. The molecule has 2 rings (SSSR count). The molecule has 0 atom stereocenters. The van der Waals surface area contributed by atoms with E-state index in [-0.39, 0.29) is 12.2 Å². The molecule has 126 valence electrons. The third kappa shape index (κ3) is 5.24. The van der Waals surface area contributed by atoms with Crippen molar-refractivity contribution in [3.05, 3.63) is 58.9 Å². The van der Waals surface area contributed by atoms with Crippen molar-refractivity contribution in [1.82, 2.24) is 0 Å². The Kier molecular flexibility index (Phi) is 6.14. The number of hydrogen-bond acceptors (Lipinski definition) is 4. The maximum atomic E-state index is 12.8. The summed E-state index contributed by atoms with van der Waals surface area (Å²) in [5.74, 6) is -1.06. The number of benzene rings is 2. The normalized spacial score (nSPS) is 10.1. The van der Waals surface area contributed by atoms with Crippen molar-refractivity contribution < 1.29 is 23.5 Å². The van der Waals surface area contributed by atoms with Gasteiger partial charge in [0.05, 0.1) is 19.2 Å². The molecule has 0 heterocycles. The summed E-state index contributed by atoms with van der Waals surface area (Å²) in [4.78, 5) is 23.5. The molecule has 1 amide bonds. The van der Waals surface area contributed by atoms with Crippen LogP contribution in [0.2, 0.25) is 5.02 Å². The van der Waals surface area contributed by atoms with E-state index in [1.165, 1.54) is 37.4 Å². The van der Waals surface area contributed by atoms with E-state index in [0.717, 1.165) is 0 Å². The summed E-state index contributed by atoms with van der Waals surface area (Å²) in [6.07, 6.45) is -0.0476. The first-order valence-corrected chi connectivity index (χ1v) is 7.39. The molecule has 0 spiro atoms. The number of carbonyl (C=O) groups excluding carboxylic acids is 2. The summed E-state index contributed by atoms with van der Waals surface area (Å²) >= 11 is 5.87. The van der Waals surface area contributed by atoms with Crippen molar-refractivity contribution in [2.75, 3.05) is 19.0 Å². The molecule has 0 aliphatic heterocycles. The van der Waals surface area contributed by atoms with Crippen molar-refractivity contribution in [3.8, 4) is 5.75 Å². The lowest BCUT2D eigenvalue weighted by Crippen LogP contribution is -2.22. The minimum atomic E-state index is -0.588. The van der Waals surface area contributed by atoms with Gasteiger partial charge in [-0.25, -0.2) is 4.39 Å². The van der Waals surface area contributed by atoms with Gasteiger partial charge in [-0.3, -0.25) is 9.59 Å². The molecule has 0 aromatic heterocycles. The highest BCUT2D eigenvalue weighted by molar-refractivity contribution is 6.31. The van der Waals surface area contributed by atoms with Crippen molar-refractivity contribution in [2.45, 2.75) is 6.42 Å². The molecule has 2 aromatic rings. The van der Waals surface area contributed by atoms with E-state index < -0.39 is 18.5 Å². The lowest BCUT2D eigenvalue weighted by molar-refractivity contribution is -0.146. The first-order valence-electron chi connectivity index (χ1n) is 7.01. The van der Waals surface area contributed by atoms with E-state index in [2.05, 4.69) is 5.32 Å². The van der Waals surface area contributed by atoms with Gasteiger partial charge in [-0.15, -0.1) is 0 Å². The highest BCUT2D eigenvalue weighted by Crippen LogP contribution is 2.27. The molecule has 0 unspecified atom stereocenters. The standard InChI is InChI=1S/C17H15ClFNO4/c1-23-15-7-4-12(18)9-14(15)20-16(21)10-24-17(22)8-11-2-5-13(19)6-3-11/h2-7,9H,8,10H2,1H3,(H,20,21). The van der Waals surface area contributed by atoms with Gasteiger partial charge < -0.3 is 14.8 Å². The molecule has 0 radical (unpaired) electrons. The Morgan fingerprint density at radius 2 is 1.88 bits per heavy atom. The van der Waals surface area contributed by atoms with Gasteiger partial charge in [0, 0.05) is 5.02 Å². The van der Waals surface area contributed by atoms with Gasteiger partial charge >= 0.3 is 5.97 Å². The zero-order chi connectivity index (χ0) is 17.5. The Morgan fingerprint density at radius 1 is 1.17 bits per heavy atom. The number of rotatable bonds is 6. The molecule has 0 fully saturated rings. The van der Waals surface area contributed by atoms with Gasteiger partial charge in [0.25, 0.3) is 5.91 Å². The van der Waals surface area contributed by atoms with Gasteiger partial charge in [0.15, 0.2) is 6.61 Å². The molecule has 0 saturated heterocycles. The van der Waals surface area contributed by atoms with Crippen LogP contribution >= 0.6 is 11.6 Å². The van der Waals surface area contributed by atoms with Gasteiger partial charge in [-0.1, -0.05) is 23.7 Å². The SMILES string of the molecule is COc1ccc(Cl)cc1NC(=O)COC(=O)Cc1ccc(F)cc1. The van der Waals surface area contributed by atoms with Crippen LogP contribution < -0.4 is 10.1 Å². The summed E-state index contributed by atoms with van der Waals surface area (Å²) in [5, 5.41) is 2.98. The van der Waals surface area contributed by atoms with E-state index in [0.29, 0.717) is 22.0 Å². The van der Waals surface area contributed by atoms with E-state index in [4.69, 9.17) is 21.1 Å². The largest absolute Gasteiger partial charge is 0.495 e. The van der Waals surface area contributed by atoms with Crippen LogP contribution in [0.4, 0.5) is 10.1 Å². The molecule has 0 aliphatic carbocycles. The predicted octanol–water partition coefficient (Wildman–Crippen LogP) is 3.21. The molecule has 0 saturated carbocycles. The highest BCUT2D eigenvalue weighted by atomic mass is 35.5. The van der Waals surface area contributed by atoms with Crippen LogP contribution in [0.25, 0.3) is 0 Å². The second-order valence-electron chi connectivity index (χ2n) is 4.86. The maximum Gasteiger partial charge on any atom is 0.310 e. The number of carbonyl (C=O) groups is 2. The first kappa shape index (κ1) is 17.7. The molecule has 5 nitrogen and oxygen atoms in total. The molecule has 0 bridgehead atoms. The van der Waals surface area contributed by atoms with Crippen molar-refractivity contribution >= 4 is 29.2 Å². The number of methoxy groups -OCH3 is 1. The predicted molar refractivity (Wildman–Crippen MR) is 87.7 cm³/mol. The molecule has 7 heteroatoms. The van der Waals surface area contributed by atoms with Crippen LogP contribution in [0.1, 0.15) is 5.56 Å².